The number of fused-ring (bicyclic) bond motifs is 1. The normalized spacial score (nSPS) is 18.9. The predicted molar refractivity (Wildman–Crippen MR) is 126 cm³/mol. The number of hydrogen-bond acceptors (Lipinski definition) is 4. The molecule has 2 aromatic rings. The molecule has 0 saturated carbocycles. The van der Waals surface area contributed by atoms with Crippen molar-refractivity contribution >= 4 is 61.2 Å². The van der Waals surface area contributed by atoms with Gasteiger partial charge in [0.05, 0.1) is 10.5 Å². The summed E-state index contributed by atoms with van der Waals surface area (Å²) in [6, 6.07) is 8.44. The van der Waals surface area contributed by atoms with Gasteiger partial charge in [0, 0.05) is 30.9 Å². The summed E-state index contributed by atoms with van der Waals surface area (Å²) in [5, 5.41) is 6.84. The fourth-order valence-corrected chi connectivity index (χ4v) is 5.62. The van der Waals surface area contributed by atoms with Gasteiger partial charge in [0.25, 0.3) is 0 Å². The number of hydrogen-bond donors (Lipinski definition) is 1. The fraction of sp³-hybridized carbons (Fsp3) is 0.526. The van der Waals surface area contributed by atoms with Crippen LogP contribution in [0.5, 0.6) is 0 Å². The van der Waals surface area contributed by atoms with Gasteiger partial charge in [-0.1, -0.05) is 18.2 Å². The highest BCUT2D eigenvalue weighted by atomic mass is 127. The zero-order valence-corrected chi connectivity index (χ0v) is 20.0. The fourth-order valence-electron chi connectivity index (χ4n) is 3.26. The van der Waals surface area contributed by atoms with E-state index in [4.69, 9.17) is 4.99 Å². The first-order valence-electron chi connectivity index (χ1n) is 9.05. The molecule has 8 heteroatoms. The lowest BCUT2D eigenvalue weighted by Gasteiger charge is -2.39. The van der Waals surface area contributed by atoms with Crippen molar-refractivity contribution in [2.75, 3.05) is 31.9 Å². The minimum absolute atomic E-state index is 0. The lowest BCUT2D eigenvalue weighted by Crippen LogP contribution is -2.57. The van der Waals surface area contributed by atoms with Crippen molar-refractivity contribution in [3.05, 3.63) is 35.2 Å². The van der Waals surface area contributed by atoms with Crippen LogP contribution >= 0.6 is 35.3 Å². The Balaban J connectivity index is 0.00000261. The highest BCUT2D eigenvalue weighted by Crippen LogP contribution is 2.26. The number of sulfone groups is 1. The Hall–Kier alpha value is -0.870. The molecule has 1 saturated heterocycles. The van der Waals surface area contributed by atoms with E-state index in [1.54, 1.807) is 25.2 Å². The minimum Gasteiger partial charge on any atom is -0.357 e. The molecule has 0 radical (unpaired) electrons. The van der Waals surface area contributed by atoms with E-state index in [-0.39, 0.29) is 29.7 Å². The number of rotatable bonds is 4. The molecule has 2 heterocycles. The molecule has 0 spiro atoms. The van der Waals surface area contributed by atoms with E-state index in [0.29, 0.717) is 19.6 Å². The van der Waals surface area contributed by atoms with Crippen LogP contribution in [-0.2, 0) is 16.3 Å². The van der Waals surface area contributed by atoms with Crippen LogP contribution in [0.2, 0.25) is 0 Å². The van der Waals surface area contributed by atoms with Crippen molar-refractivity contribution in [1.29, 1.82) is 0 Å². The molecule has 1 aromatic carbocycles. The molecule has 1 N–H and O–H groups in total. The number of nitrogens with one attached hydrogen (secondary N) is 1. The molecule has 0 aliphatic carbocycles. The van der Waals surface area contributed by atoms with Gasteiger partial charge in [0.2, 0.25) is 0 Å². The molecule has 27 heavy (non-hydrogen) atoms. The topological polar surface area (TPSA) is 61.8 Å². The molecule has 0 atom stereocenters. The summed E-state index contributed by atoms with van der Waals surface area (Å²) in [4.78, 5) is 6.85. The lowest BCUT2D eigenvalue weighted by atomic mass is 10.1. The standard InChI is InChI=1S/C19H27N3O2S2.HI/c1-4-20-18(22-11-12-26(23,24)19(2,3)14-22)21-10-9-15-13-25-17-8-6-5-7-16(15)17;/h5-8,13H,4,9-12,14H2,1-3H3,(H,20,21);1H. The van der Waals surface area contributed by atoms with Crippen LogP contribution < -0.4 is 5.32 Å². The molecule has 1 aliphatic rings. The minimum atomic E-state index is -3.05. The third kappa shape index (κ3) is 4.95. The van der Waals surface area contributed by atoms with Crippen molar-refractivity contribution in [3.8, 4) is 0 Å². The Kier molecular flexibility index (Phi) is 7.54. The number of nitrogens with zero attached hydrogens (tertiary/aromatic N) is 2. The van der Waals surface area contributed by atoms with Gasteiger partial charge in [-0.15, -0.1) is 35.3 Å². The molecule has 1 aromatic heterocycles. The van der Waals surface area contributed by atoms with Crippen LogP contribution in [0.1, 0.15) is 26.3 Å². The molecule has 150 valence electrons. The maximum atomic E-state index is 12.2. The van der Waals surface area contributed by atoms with Crippen molar-refractivity contribution in [2.45, 2.75) is 31.9 Å². The van der Waals surface area contributed by atoms with E-state index in [1.165, 1.54) is 15.6 Å². The molecular formula is C19H28IN3O2S2. The zero-order valence-electron chi connectivity index (χ0n) is 16.1. The second kappa shape index (κ2) is 9.09. The van der Waals surface area contributed by atoms with Crippen molar-refractivity contribution in [3.63, 3.8) is 0 Å². The maximum Gasteiger partial charge on any atom is 0.194 e. The van der Waals surface area contributed by atoms with Crippen LogP contribution in [0.15, 0.2) is 34.6 Å². The monoisotopic (exact) mass is 521 g/mol. The van der Waals surface area contributed by atoms with E-state index in [1.807, 2.05) is 6.92 Å². The number of halogens is 1. The van der Waals surface area contributed by atoms with Crippen LogP contribution in [0.3, 0.4) is 0 Å². The third-order valence-corrected chi connectivity index (χ3v) is 8.43. The molecule has 1 aliphatic heterocycles. The van der Waals surface area contributed by atoms with Gasteiger partial charge in [0.15, 0.2) is 15.8 Å². The van der Waals surface area contributed by atoms with Gasteiger partial charge in [-0.05, 0) is 49.6 Å². The van der Waals surface area contributed by atoms with Gasteiger partial charge < -0.3 is 10.2 Å². The number of benzene rings is 1. The third-order valence-electron chi connectivity index (χ3n) is 4.88. The number of guanidine groups is 1. The lowest BCUT2D eigenvalue weighted by molar-refractivity contribution is 0.353. The predicted octanol–water partition coefficient (Wildman–Crippen LogP) is 3.54. The molecule has 5 nitrogen and oxygen atoms in total. The number of thiophene rings is 1. The van der Waals surface area contributed by atoms with Gasteiger partial charge in [-0.25, -0.2) is 8.42 Å². The first kappa shape index (κ1) is 22.4. The van der Waals surface area contributed by atoms with E-state index >= 15 is 0 Å². The maximum absolute atomic E-state index is 12.2. The first-order chi connectivity index (χ1) is 12.3. The summed E-state index contributed by atoms with van der Waals surface area (Å²) < 4.78 is 25.0. The van der Waals surface area contributed by atoms with Crippen LogP contribution in [0, 0.1) is 0 Å². The highest BCUT2D eigenvalue weighted by molar-refractivity contribution is 14.0. The van der Waals surface area contributed by atoms with E-state index < -0.39 is 14.6 Å². The van der Waals surface area contributed by atoms with Gasteiger partial charge >= 0.3 is 0 Å². The highest BCUT2D eigenvalue weighted by Gasteiger charge is 2.40. The zero-order chi connectivity index (χ0) is 18.8. The average Bonchev–Trinajstić information content (AvgIpc) is 3.00. The van der Waals surface area contributed by atoms with Gasteiger partial charge in [-0.2, -0.15) is 0 Å². The quantitative estimate of drug-likeness (QED) is 0.380. The summed E-state index contributed by atoms with van der Waals surface area (Å²) in [6.07, 6.45) is 0.883. The molecule has 0 amide bonds. The number of aliphatic imine (C=N–C) groups is 1. The smallest absolute Gasteiger partial charge is 0.194 e. The Morgan fingerprint density at radius 1 is 1.33 bits per heavy atom. The van der Waals surface area contributed by atoms with Crippen molar-refractivity contribution < 1.29 is 8.42 Å². The Bertz CT molecular complexity index is 907. The average molecular weight is 521 g/mol. The summed E-state index contributed by atoms with van der Waals surface area (Å²) in [7, 11) is -3.05. The first-order valence-corrected chi connectivity index (χ1v) is 11.6. The van der Waals surface area contributed by atoms with E-state index in [9.17, 15) is 8.42 Å². The summed E-state index contributed by atoms with van der Waals surface area (Å²) in [5.41, 5.74) is 1.33. The molecule has 0 bridgehead atoms. The van der Waals surface area contributed by atoms with Crippen LogP contribution in [-0.4, -0.2) is 56.0 Å². The van der Waals surface area contributed by atoms with Gasteiger partial charge in [0.1, 0.15) is 0 Å². The Labute approximate surface area is 183 Å². The summed E-state index contributed by atoms with van der Waals surface area (Å²) in [5.74, 6) is 0.995. The van der Waals surface area contributed by atoms with Gasteiger partial charge in [-0.3, -0.25) is 4.99 Å². The largest absolute Gasteiger partial charge is 0.357 e. The molecular weight excluding hydrogens is 493 g/mol. The van der Waals surface area contributed by atoms with Crippen molar-refractivity contribution in [2.24, 2.45) is 4.99 Å². The van der Waals surface area contributed by atoms with E-state index in [2.05, 4.69) is 39.9 Å². The second-order valence-electron chi connectivity index (χ2n) is 7.24. The molecule has 3 rings (SSSR count). The van der Waals surface area contributed by atoms with E-state index in [0.717, 1.165) is 18.9 Å². The molecule has 0 unspecified atom stereocenters. The second-order valence-corrected chi connectivity index (χ2v) is 10.9. The Morgan fingerprint density at radius 2 is 2.07 bits per heavy atom. The molecule has 1 fully saturated rings. The van der Waals surface area contributed by atoms with Crippen molar-refractivity contribution in [1.82, 2.24) is 10.2 Å². The van der Waals surface area contributed by atoms with Crippen LogP contribution in [0.25, 0.3) is 10.1 Å². The summed E-state index contributed by atoms with van der Waals surface area (Å²) >= 11 is 1.77. The SMILES string of the molecule is CCNC(=NCCc1csc2ccccc12)N1CCS(=O)(=O)C(C)(C)C1.I. The Morgan fingerprint density at radius 3 is 2.78 bits per heavy atom. The van der Waals surface area contributed by atoms with Crippen LogP contribution in [0.4, 0.5) is 0 Å². The summed E-state index contributed by atoms with van der Waals surface area (Å²) in [6.45, 7) is 8.07.